The van der Waals surface area contributed by atoms with E-state index in [1.165, 1.54) is 0 Å². The summed E-state index contributed by atoms with van der Waals surface area (Å²) in [6, 6.07) is 0. The second kappa shape index (κ2) is 5.44. The Kier molecular flexibility index (Phi) is 4.22. The zero-order chi connectivity index (χ0) is 11.3. The van der Waals surface area contributed by atoms with Crippen LogP contribution in [0.5, 0.6) is 0 Å². The van der Waals surface area contributed by atoms with Crippen molar-refractivity contribution in [3.8, 4) is 0 Å². The number of nitrogens with one attached hydrogen (secondary N) is 2. The van der Waals surface area contributed by atoms with Crippen LogP contribution >= 0.6 is 0 Å². The third-order valence-corrected chi connectivity index (χ3v) is 1.82. The van der Waals surface area contributed by atoms with E-state index in [4.69, 9.17) is 16.1 Å². The quantitative estimate of drug-likeness (QED) is 0.309. The van der Waals surface area contributed by atoms with Crippen LogP contribution in [0.4, 0.5) is 11.8 Å². The van der Waals surface area contributed by atoms with Gasteiger partial charge in [0.1, 0.15) is 5.82 Å². The predicted octanol–water partition coefficient (Wildman–Crippen LogP) is -1.16. The molecule has 1 rings (SSSR count). The minimum atomic E-state index is -0.811. The van der Waals surface area contributed by atoms with Gasteiger partial charge >= 0.3 is 0 Å². The first-order chi connectivity index (χ1) is 7.17. The molecule has 0 radical (unpaired) electrons. The fourth-order valence-electron chi connectivity index (χ4n) is 0.970. The van der Waals surface area contributed by atoms with Gasteiger partial charge in [0.05, 0.1) is 12.7 Å². The molecule has 1 heterocycles. The van der Waals surface area contributed by atoms with Gasteiger partial charge < -0.3 is 15.5 Å². The van der Waals surface area contributed by atoms with Crippen LogP contribution in [0, 0.1) is 6.92 Å². The average molecular weight is 213 g/mol. The molecule has 15 heavy (non-hydrogen) atoms. The zero-order valence-corrected chi connectivity index (χ0v) is 8.44. The van der Waals surface area contributed by atoms with E-state index in [1.807, 2.05) is 6.92 Å². The van der Waals surface area contributed by atoms with Crippen molar-refractivity contribution < 1.29 is 10.2 Å². The molecular weight excluding hydrogens is 198 g/mol. The third kappa shape index (κ3) is 3.31. The topological polar surface area (TPSA) is 116 Å². The molecule has 0 aromatic carbocycles. The standard InChI is InChI=1S/C8H15N5O2/c1-5-2-11-8(13-9)12-7(5)10-3-6(15)4-14/h2,6,14-15H,3-4,9H2,1H3,(H2,10,11,12,13). The fourth-order valence-corrected chi connectivity index (χ4v) is 0.970. The maximum Gasteiger partial charge on any atom is 0.239 e. The Labute approximate surface area is 87.3 Å². The summed E-state index contributed by atoms with van der Waals surface area (Å²) in [4.78, 5) is 7.95. The molecule has 0 amide bonds. The lowest BCUT2D eigenvalue weighted by atomic mass is 10.3. The molecule has 1 atom stereocenters. The van der Waals surface area contributed by atoms with Crippen molar-refractivity contribution in [3.05, 3.63) is 11.8 Å². The van der Waals surface area contributed by atoms with Crippen LogP contribution in [0.3, 0.4) is 0 Å². The van der Waals surface area contributed by atoms with Crippen LogP contribution in [0.25, 0.3) is 0 Å². The van der Waals surface area contributed by atoms with Crippen molar-refractivity contribution in [1.82, 2.24) is 9.97 Å². The summed E-state index contributed by atoms with van der Waals surface area (Å²) in [5.74, 6) is 6.03. The Balaban J connectivity index is 2.66. The molecule has 0 aliphatic rings. The van der Waals surface area contributed by atoms with Gasteiger partial charge in [-0.05, 0) is 6.92 Å². The minimum absolute atomic E-state index is 0.221. The van der Waals surface area contributed by atoms with E-state index in [1.54, 1.807) is 6.20 Å². The number of aromatic nitrogens is 2. The van der Waals surface area contributed by atoms with Crippen LogP contribution in [-0.2, 0) is 0 Å². The van der Waals surface area contributed by atoms with Crippen molar-refractivity contribution in [1.29, 1.82) is 0 Å². The molecule has 0 saturated heterocycles. The van der Waals surface area contributed by atoms with Gasteiger partial charge in [0.25, 0.3) is 0 Å². The number of aliphatic hydroxyl groups is 2. The van der Waals surface area contributed by atoms with E-state index in [2.05, 4.69) is 20.7 Å². The molecule has 1 aromatic rings. The van der Waals surface area contributed by atoms with E-state index in [0.29, 0.717) is 11.8 Å². The number of hydrazine groups is 1. The lowest BCUT2D eigenvalue weighted by molar-refractivity contribution is 0.105. The number of hydrogen-bond acceptors (Lipinski definition) is 7. The monoisotopic (exact) mass is 213 g/mol. The predicted molar refractivity (Wildman–Crippen MR) is 56.2 cm³/mol. The van der Waals surface area contributed by atoms with Gasteiger partial charge in [0.2, 0.25) is 5.95 Å². The van der Waals surface area contributed by atoms with Crippen molar-refractivity contribution in [2.45, 2.75) is 13.0 Å². The first-order valence-corrected chi connectivity index (χ1v) is 4.50. The Hall–Kier alpha value is -1.44. The van der Waals surface area contributed by atoms with E-state index in [-0.39, 0.29) is 13.2 Å². The molecule has 6 N–H and O–H groups in total. The van der Waals surface area contributed by atoms with Gasteiger partial charge in [-0.3, -0.25) is 5.43 Å². The summed E-state index contributed by atoms with van der Waals surface area (Å²) in [5.41, 5.74) is 3.15. The number of nitrogens with zero attached hydrogens (tertiary/aromatic N) is 2. The fraction of sp³-hybridized carbons (Fsp3) is 0.500. The third-order valence-electron chi connectivity index (χ3n) is 1.82. The summed E-state index contributed by atoms with van der Waals surface area (Å²) >= 11 is 0. The van der Waals surface area contributed by atoms with Gasteiger partial charge in [-0.15, -0.1) is 0 Å². The van der Waals surface area contributed by atoms with E-state index in [0.717, 1.165) is 5.56 Å². The lowest BCUT2D eigenvalue weighted by Crippen LogP contribution is -2.24. The molecule has 7 nitrogen and oxygen atoms in total. The largest absolute Gasteiger partial charge is 0.394 e. The highest BCUT2D eigenvalue weighted by Crippen LogP contribution is 2.11. The summed E-state index contributed by atoms with van der Waals surface area (Å²) in [7, 11) is 0. The first-order valence-electron chi connectivity index (χ1n) is 4.50. The highest BCUT2D eigenvalue weighted by Gasteiger charge is 2.05. The Bertz CT molecular complexity index is 320. The Morgan fingerprint density at radius 1 is 1.60 bits per heavy atom. The van der Waals surface area contributed by atoms with E-state index < -0.39 is 6.10 Å². The van der Waals surface area contributed by atoms with Crippen molar-refractivity contribution in [2.75, 3.05) is 23.9 Å². The molecular formula is C8H15N5O2. The molecule has 0 saturated carbocycles. The normalized spacial score (nSPS) is 12.3. The molecule has 84 valence electrons. The highest BCUT2D eigenvalue weighted by molar-refractivity contribution is 5.46. The van der Waals surface area contributed by atoms with Crippen LogP contribution in [-0.4, -0.2) is 39.4 Å². The van der Waals surface area contributed by atoms with Crippen LogP contribution < -0.4 is 16.6 Å². The Morgan fingerprint density at radius 2 is 2.33 bits per heavy atom. The van der Waals surface area contributed by atoms with E-state index >= 15 is 0 Å². The van der Waals surface area contributed by atoms with Gasteiger partial charge in [0, 0.05) is 18.3 Å². The average Bonchev–Trinajstić information content (AvgIpc) is 2.27. The number of nitrogen functional groups attached to an aromatic ring is 1. The smallest absolute Gasteiger partial charge is 0.239 e. The first kappa shape index (κ1) is 11.6. The van der Waals surface area contributed by atoms with Gasteiger partial charge in [0.15, 0.2) is 0 Å². The molecule has 1 aromatic heterocycles. The molecule has 1 unspecified atom stereocenters. The van der Waals surface area contributed by atoms with Gasteiger partial charge in [-0.2, -0.15) is 4.98 Å². The maximum atomic E-state index is 9.14. The second-order valence-electron chi connectivity index (χ2n) is 3.09. The van der Waals surface area contributed by atoms with Gasteiger partial charge in [-0.25, -0.2) is 10.8 Å². The lowest BCUT2D eigenvalue weighted by Gasteiger charge is -2.11. The SMILES string of the molecule is Cc1cnc(NN)nc1NCC(O)CO. The number of aliphatic hydroxyl groups excluding tert-OH is 2. The Morgan fingerprint density at radius 3 is 2.93 bits per heavy atom. The number of aryl methyl sites for hydroxylation is 1. The van der Waals surface area contributed by atoms with Crippen molar-refractivity contribution >= 4 is 11.8 Å². The van der Waals surface area contributed by atoms with E-state index in [9.17, 15) is 0 Å². The maximum absolute atomic E-state index is 9.14. The number of anilines is 2. The van der Waals surface area contributed by atoms with Crippen LogP contribution in [0.15, 0.2) is 6.20 Å². The van der Waals surface area contributed by atoms with Crippen LogP contribution in [0.2, 0.25) is 0 Å². The number of nitrogens with two attached hydrogens (primary N) is 1. The second-order valence-corrected chi connectivity index (χ2v) is 3.09. The number of rotatable bonds is 5. The molecule has 0 fully saturated rings. The summed E-state index contributed by atoms with van der Waals surface area (Å²) in [6.45, 7) is 1.76. The van der Waals surface area contributed by atoms with Crippen LogP contribution in [0.1, 0.15) is 5.56 Å². The molecule has 0 aliphatic carbocycles. The van der Waals surface area contributed by atoms with Crippen molar-refractivity contribution in [3.63, 3.8) is 0 Å². The number of hydrogen-bond donors (Lipinski definition) is 5. The molecule has 7 heteroatoms. The van der Waals surface area contributed by atoms with Gasteiger partial charge in [-0.1, -0.05) is 0 Å². The summed E-state index contributed by atoms with van der Waals surface area (Å²) in [6.07, 6.45) is 0.796. The highest BCUT2D eigenvalue weighted by atomic mass is 16.3. The molecule has 0 spiro atoms. The summed E-state index contributed by atoms with van der Waals surface area (Å²) in [5, 5.41) is 20.6. The zero-order valence-electron chi connectivity index (χ0n) is 8.44. The minimum Gasteiger partial charge on any atom is -0.394 e. The molecule has 0 aliphatic heterocycles. The van der Waals surface area contributed by atoms with Crippen molar-refractivity contribution in [2.24, 2.45) is 5.84 Å². The summed E-state index contributed by atoms with van der Waals surface area (Å²) < 4.78 is 0. The molecule has 0 bridgehead atoms.